The smallest absolute Gasteiger partial charge is 0.258 e. The van der Waals surface area contributed by atoms with Crippen molar-refractivity contribution in [2.75, 3.05) is 6.54 Å². The molecule has 96 valence electrons. The highest BCUT2D eigenvalue weighted by molar-refractivity contribution is 7.13. The number of hydrogen-bond donors (Lipinski definition) is 1. The lowest BCUT2D eigenvalue weighted by Crippen LogP contribution is -2.02. The topological polar surface area (TPSA) is 77.8 Å². The van der Waals surface area contributed by atoms with Gasteiger partial charge in [-0.25, -0.2) is 0 Å². The standard InChI is InChI=1S/C13H12N4OS/c14-5-4-9-2-1-3-10(6-9)13-16-12(17-18-13)11-7-15-8-19-11/h1-3,6-8H,4-5,14H2. The Balaban J connectivity index is 1.92. The van der Waals surface area contributed by atoms with E-state index in [0.717, 1.165) is 22.4 Å². The summed E-state index contributed by atoms with van der Waals surface area (Å²) in [4.78, 5) is 9.28. The van der Waals surface area contributed by atoms with Gasteiger partial charge in [0.1, 0.15) is 0 Å². The zero-order valence-corrected chi connectivity index (χ0v) is 10.9. The van der Waals surface area contributed by atoms with Gasteiger partial charge in [0, 0.05) is 11.8 Å². The molecule has 0 amide bonds. The van der Waals surface area contributed by atoms with Crippen LogP contribution in [-0.2, 0) is 6.42 Å². The highest BCUT2D eigenvalue weighted by atomic mass is 32.1. The van der Waals surface area contributed by atoms with Gasteiger partial charge in [-0.1, -0.05) is 17.3 Å². The van der Waals surface area contributed by atoms with Gasteiger partial charge in [-0.3, -0.25) is 4.98 Å². The Hall–Kier alpha value is -2.05. The van der Waals surface area contributed by atoms with E-state index in [0.29, 0.717) is 18.3 Å². The van der Waals surface area contributed by atoms with Crippen LogP contribution in [-0.4, -0.2) is 21.7 Å². The van der Waals surface area contributed by atoms with Gasteiger partial charge in [0.25, 0.3) is 5.89 Å². The van der Waals surface area contributed by atoms with E-state index in [1.54, 1.807) is 11.7 Å². The molecule has 2 N–H and O–H groups in total. The molecule has 0 spiro atoms. The number of nitrogens with two attached hydrogens (primary N) is 1. The molecule has 0 aliphatic rings. The van der Waals surface area contributed by atoms with Gasteiger partial charge in [-0.15, -0.1) is 11.3 Å². The number of benzene rings is 1. The van der Waals surface area contributed by atoms with Crippen LogP contribution in [0.15, 0.2) is 40.5 Å². The summed E-state index contributed by atoms with van der Waals surface area (Å²) in [6.07, 6.45) is 2.56. The summed E-state index contributed by atoms with van der Waals surface area (Å²) in [7, 11) is 0. The molecular formula is C13H12N4OS. The van der Waals surface area contributed by atoms with E-state index in [2.05, 4.69) is 15.1 Å². The van der Waals surface area contributed by atoms with Gasteiger partial charge in [-0.05, 0) is 30.7 Å². The van der Waals surface area contributed by atoms with Crippen LogP contribution in [0.1, 0.15) is 5.56 Å². The highest BCUT2D eigenvalue weighted by Crippen LogP contribution is 2.24. The Kier molecular flexibility index (Phi) is 3.35. The predicted octanol–water partition coefficient (Wildman–Crippen LogP) is 2.36. The molecule has 2 heterocycles. The molecule has 3 rings (SSSR count). The van der Waals surface area contributed by atoms with E-state index >= 15 is 0 Å². The normalized spacial score (nSPS) is 10.8. The minimum Gasteiger partial charge on any atom is -0.334 e. The fourth-order valence-corrected chi connectivity index (χ4v) is 2.34. The van der Waals surface area contributed by atoms with Gasteiger partial charge in [0.05, 0.1) is 10.4 Å². The molecule has 1 aromatic carbocycles. The first kappa shape index (κ1) is 12.0. The quantitative estimate of drug-likeness (QED) is 0.788. The van der Waals surface area contributed by atoms with Gasteiger partial charge < -0.3 is 10.3 Å². The minimum atomic E-state index is 0.516. The number of nitrogens with zero attached hydrogens (tertiary/aromatic N) is 3. The summed E-state index contributed by atoms with van der Waals surface area (Å²) in [5.74, 6) is 1.09. The third kappa shape index (κ3) is 2.54. The van der Waals surface area contributed by atoms with Crippen molar-refractivity contribution in [2.45, 2.75) is 6.42 Å². The summed E-state index contributed by atoms with van der Waals surface area (Å²) >= 11 is 1.48. The molecule has 0 aliphatic heterocycles. The summed E-state index contributed by atoms with van der Waals surface area (Å²) < 4.78 is 5.29. The molecule has 5 nitrogen and oxygen atoms in total. The maximum absolute atomic E-state index is 5.56. The lowest BCUT2D eigenvalue weighted by molar-refractivity contribution is 0.432. The molecule has 0 saturated carbocycles. The molecule has 2 aromatic heterocycles. The molecule has 6 heteroatoms. The average molecular weight is 272 g/mol. The van der Waals surface area contributed by atoms with Crippen LogP contribution in [0.5, 0.6) is 0 Å². The minimum absolute atomic E-state index is 0.516. The fraction of sp³-hybridized carbons (Fsp3) is 0.154. The number of rotatable bonds is 4. The lowest BCUT2D eigenvalue weighted by atomic mass is 10.1. The van der Waals surface area contributed by atoms with Crippen molar-refractivity contribution in [3.63, 3.8) is 0 Å². The van der Waals surface area contributed by atoms with E-state index in [1.807, 2.05) is 24.3 Å². The van der Waals surface area contributed by atoms with Crippen molar-refractivity contribution in [2.24, 2.45) is 5.73 Å². The van der Waals surface area contributed by atoms with Crippen molar-refractivity contribution < 1.29 is 4.52 Å². The third-order valence-electron chi connectivity index (χ3n) is 2.69. The molecule has 0 aliphatic carbocycles. The van der Waals surface area contributed by atoms with E-state index < -0.39 is 0 Å². The van der Waals surface area contributed by atoms with Gasteiger partial charge in [-0.2, -0.15) is 4.98 Å². The molecule has 0 atom stereocenters. The summed E-state index contributed by atoms with van der Waals surface area (Å²) in [5.41, 5.74) is 9.38. The summed E-state index contributed by atoms with van der Waals surface area (Å²) in [5, 5.41) is 3.97. The second kappa shape index (κ2) is 5.29. The Bertz CT molecular complexity index is 663. The first-order chi connectivity index (χ1) is 9.36. The number of aromatic nitrogens is 3. The van der Waals surface area contributed by atoms with Crippen LogP contribution in [0, 0.1) is 0 Å². The Morgan fingerprint density at radius 3 is 3.05 bits per heavy atom. The first-order valence-corrected chi connectivity index (χ1v) is 6.77. The second-order valence-electron chi connectivity index (χ2n) is 4.03. The Labute approximate surface area is 114 Å². The molecule has 3 aromatic rings. The highest BCUT2D eigenvalue weighted by Gasteiger charge is 2.11. The van der Waals surface area contributed by atoms with Crippen LogP contribution in [0.4, 0.5) is 0 Å². The van der Waals surface area contributed by atoms with Crippen LogP contribution in [0.2, 0.25) is 0 Å². The third-order valence-corrected chi connectivity index (χ3v) is 3.45. The maximum Gasteiger partial charge on any atom is 0.258 e. The van der Waals surface area contributed by atoms with Gasteiger partial charge in [0.2, 0.25) is 5.82 Å². The van der Waals surface area contributed by atoms with Crippen LogP contribution >= 0.6 is 11.3 Å². The van der Waals surface area contributed by atoms with Crippen LogP contribution in [0.3, 0.4) is 0 Å². The largest absolute Gasteiger partial charge is 0.334 e. The fourth-order valence-electron chi connectivity index (χ4n) is 1.79. The van der Waals surface area contributed by atoms with E-state index in [4.69, 9.17) is 10.3 Å². The SMILES string of the molecule is NCCc1cccc(-c2nc(-c3cncs3)no2)c1. The Morgan fingerprint density at radius 2 is 2.26 bits per heavy atom. The first-order valence-electron chi connectivity index (χ1n) is 5.89. The van der Waals surface area contributed by atoms with Crippen molar-refractivity contribution in [3.05, 3.63) is 41.5 Å². The number of hydrogen-bond acceptors (Lipinski definition) is 6. The molecular weight excluding hydrogens is 260 g/mol. The molecule has 19 heavy (non-hydrogen) atoms. The maximum atomic E-state index is 5.56. The zero-order valence-electron chi connectivity index (χ0n) is 10.1. The second-order valence-corrected chi connectivity index (χ2v) is 4.91. The molecule has 0 saturated heterocycles. The van der Waals surface area contributed by atoms with E-state index in [-0.39, 0.29) is 0 Å². The van der Waals surface area contributed by atoms with Crippen molar-refractivity contribution in [1.82, 2.24) is 15.1 Å². The van der Waals surface area contributed by atoms with Crippen molar-refractivity contribution in [1.29, 1.82) is 0 Å². The van der Waals surface area contributed by atoms with Crippen molar-refractivity contribution >= 4 is 11.3 Å². The van der Waals surface area contributed by atoms with Crippen LogP contribution in [0.25, 0.3) is 22.2 Å². The van der Waals surface area contributed by atoms with E-state index in [1.165, 1.54) is 11.3 Å². The van der Waals surface area contributed by atoms with Gasteiger partial charge >= 0.3 is 0 Å². The monoisotopic (exact) mass is 272 g/mol. The molecule has 0 bridgehead atoms. The summed E-state index contributed by atoms with van der Waals surface area (Å²) in [6.45, 7) is 0.624. The molecule has 0 unspecified atom stereocenters. The number of thiazole rings is 1. The zero-order chi connectivity index (χ0) is 13.1. The molecule has 0 radical (unpaired) electrons. The predicted molar refractivity (Wildman–Crippen MR) is 73.6 cm³/mol. The summed E-state index contributed by atoms with van der Waals surface area (Å²) in [6, 6.07) is 7.98. The Morgan fingerprint density at radius 1 is 1.32 bits per heavy atom. The average Bonchev–Trinajstić information content (AvgIpc) is 3.11. The van der Waals surface area contributed by atoms with E-state index in [9.17, 15) is 0 Å². The van der Waals surface area contributed by atoms with Crippen molar-refractivity contribution in [3.8, 4) is 22.2 Å². The molecule has 0 fully saturated rings. The van der Waals surface area contributed by atoms with Gasteiger partial charge in [0.15, 0.2) is 0 Å². The lowest BCUT2D eigenvalue weighted by Gasteiger charge is -1.99. The van der Waals surface area contributed by atoms with Crippen LogP contribution < -0.4 is 5.73 Å².